The van der Waals surface area contributed by atoms with Crippen LogP contribution in [0.4, 0.5) is 0 Å². The fraction of sp³-hybridized carbons (Fsp3) is 0.343. The Balaban J connectivity index is 1.63. The van der Waals surface area contributed by atoms with Gasteiger partial charge in [-0.05, 0) is 66.3 Å². The number of sulfonamides is 1. The summed E-state index contributed by atoms with van der Waals surface area (Å²) in [7, 11) is -2.59. The summed E-state index contributed by atoms with van der Waals surface area (Å²) < 4.78 is 32.7. The zero-order valence-electron chi connectivity index (χ0n) is 26.9. The summed E-state index contributed by atoms with van der Waals surface area (Å²) in [5, 5.41) is 17.5. The van der Waals surface area contributed by atoms with Crippen LogP contribution in [0.25, 0.3) is 4.91 Å². The number of rotatable bonds is 16. The third kappa shape index (κ3) is 9.50. The number of nitrogens with one attached hydrogen (secondary N) is 3. The predicted molar refractivity (Wildman–Crippen MR) is 180 cm³/mol. The Labute approximate surface area is 276 Å². The molecule has 0 bridgehead atoms. The molecule has 1 aliphatic rings. The zero-order valence-corrected chi connectivity index (χ0v) is 27.7. The van der Waals surface area contributed by atoms with E-state index < -0.39 is 34.0 Å². The molecule has 47 heavy (non-hydrogen) atoms. The Hall–Kier alpha value is -4.52. The Kier molecular flexibility index (Phi) is 12.3. The summed E-state index contributed by atoms with van der Waals surface area (Å²) >= 11 is 0. The number of benzene rings is 3. The summed E-state index contributed by atoms with van der Waals surface area (Å²) in [4.78, 5) is 40.8. The highest BCUT2D eigenvalue weighted by Crippen LogP contribution is 2.27. The molecule has 1 heterocycles. The van der Waals surface area contributed by atoms with Crippen LogP contribution in [0.15, 0.2) is 78.9 Å². The van der Waals surface area contributed by atoms with Crippen LogP contribution in [0.2, 0.25) is 0 Å². The van der Waals surface area contributed by atoms with Crippen LogP contribution in [0.1, 0.15) is 64.1 Å². The van der Waals surface area contributed by atoms with Gasteiger partial charge in [0.05, 0.1) is 19.3 Å². The fourth-order valence-corrected chi connectivity index (χ4v) is 6.53. The molecular formula is C35H42N4O7S. The van der Waals surface area contributed by atoms with E-state index in [1.54, 1.807) is 12.0 Å². The number of amides is 3. The van der Waals surface area contributed by atoms with Crippen molar-refractivity contribution in [2.45, 2.75) is 51.8 Å². The summed E-state index contributed by atoms with van der Waals surface area (Å²) in [5.74, 6) is -1.06. The van der Waals surface area contributed by atoms with Gasteiger partial charge in [0.2, 0.25) is 0 Å². The number of methoxy groups -OCH3 is 1. The molecule has 0 radical (unpaired) electrons. The Morgan fingerprint density at radius 1 is 0.936 bits per heavy atom. The SMILES string of the molecule is CCCN(CCC)C(=O)c1cc(C(=O)N[C@@H](Cc2ccccc2)[C@H](O)CNCc2cccc(OC)c2)cc(C2=CC(=O)NS2(=O)=O)c1. The van der Waals surface area contributed by atoms with Gasteiger partial charge in [-0.1, -0.05) is 56.3 Å². The van der Waals surface area contributed by atoms with Crippen LogP contribution in [0.5, 0.6) is 5.75 Å². The number of hydrogen-bond acceptors (Lipinski definition) is 8. The van der Waals surface area contributed by atoms with Gasteiger partial charge in [0, 0.05) is 43.4 Å². The molecular weight excluding hydrogens is 620 g/mol. The van der Waals surface area contributed by atoms with E-state index in [9.17, 15) is 27.9 Å². The molecule has 11 nitrogen and oxygen atoms in total. The first-order valence-electron chi connectivity index (χ1n) is 15.6. The molecule has 4 rings (SSSR count). The largest absolute Gasteiger partial charge is 0.497 e. The average Bonchev–Trinajstić information content (AvgIpc) is 3.35. The van der Waals surface area contributed by atoms with Crippen molar-refractivity contribution in [2.24, 2.45) is 0 Å². The van der Waals surface area contributed by atoms with Gasteiger partial charge in [0.1, 0.15) is 10.7 Å². The average molecular weight is 663 g/mol. The number of carbonyl (C=O) groups is 3. The monoisotopic (exact) mass is 662 g/mol. The van der Waals surface area contributed by atoms with Crippen molar-refractivity contribution in [1.29, 1.82) is 0 Å². The van der Waals surface area contributed by atoms with Crippen LogP contribution in [0, 0.1) is 0 Å². The number of hydrogen-bond donors (Lipinski definition) is 4. The number of nitrogens with zero attached hydrogens (tertiary/aromatic N) is 1. The molecule has 0 unspecified atom stereocenters. The molecule has 3 aromatic carbocycles. The molecule has 1 aliphatic heterocycles. The van der Waals surface area contributed by atoms with Gasteiger partial charge in [-0.15, -0.1) is 0 Å². The maximum Gasteiger partial charge on any atom is 0.265 e. The predicted octanol–water partition coefficient (Wildman–Crippen LogP) is 3.25. The summed E-state index contributed by atoms with van der Waals surface area (Å²) in [6, 6.07) is 20.3. The topological polar surface area (TPSA) is 154 Å². The summed E-state index contributed by atoms with van der Waals surface area (Å²) in [6.07, 6.45) is 1.65. The third-order valence-corrected chi connectivity index (χ3v) is 9.09. The van der Waals surface area contributed by atoms with Crippen molar-refractivity contribution >= 4 is 32.6 Å². The summed E-state index contributed by atoms with van der Waals surface area (Å²) in [5.41, 5.74) is 2.01. The molecule has 3 aromatic rings. The van der Waals surface area contributed by atoms with E-state index in [1.807, 2.05) is 73.2 Å². The van der Waals surface area contributed by atoms with Crippen molar-refractivity contribution in [1.82, 2.24) is 20.3 Å². The van der Waals surface area contributed by atoms with Crippen LogP contribution in [-0.2, 0) is 27.8 Å². The Morgan fingerprint density at radius 3 is 2.26 bits per heavy atom. The lowest BCUT2D eigenvalue weighted by atomic mass is 9.99. The zero-order chi connectivity index (χ0) is 34.0. The third-order valence-electron chi connectivity index (χ3n) is 7.68. The molecule has 2 atom stereocenters. The van der Waals surface area contributed by atoms with Crippen LogP contribution in [0.3, 0.4) is 0 Å². The standard InChI is InChI=1S/C35H42N4O7S/c1-4-14-39(15-5-2)35(43)28-19-26(32-21-33(41)38-47(32,44)45)18-27(20-28)34(42)37-30(17-24-10-7-6-8-11-24)31(40)23-36-22-25-12-9-13-29(16-25)46-3/h6-13,16,18-21,30-31,36,40H,4-5,14-15,17,22-23H2,1-3H3,(H,37,42)(H,38,41)/t30-,31+/m0/s1. The van der Waals surface area contributed by atoms with Gasteiger partial charge in [-0.25, -0.2) is 13.1 Å². The van der Waals surface area contributed by atoms with Gasteiger partial charge in [0.15, 0.2) is 0 Å². The second-order valence-electron chi connectivity index (χ2n) is 11.4. The Morgan fingerprint density at radius 2 is 1.62 bits per heavy atom. The maximum atomic E-state index is 13.9. The minimum atomic E-state index is -4.18. The van der Waals surface area contributed by atoms with E-state index in [0.29, 0.717) is 44.6 Å². The lowest BCUT2D eigenvalue weighted by Crippen LogP contribution is -2.48. The van der Waals surface area contributed by atoms with Gasteiger partial charge in [-0.2, -0.15) is 0 Å². The quantitative estimate of drug-likeness (QED) is 0.182. The Bertz CT molecular complexity index is 1700. The molecule has 0 saturated heterocycles. The normalized spacial score (nSPS) is 14.9. The van der Waals surface area contributed by atoms with Crippen molar-refractivity contribution in [3.63, 3.8) is 0 Å². The molecule has 4 N–H and O–H groups in total. The number of ether oxygens (including phenoxy) is 1. The van der Waals surface area contributed by atoms with E-state index in [2.05, 4.69) is 10.6 Å². The fourth-order valence-electron chi connectivity index (χ4n) is 5.41. The maximum absolute atomic E-state index is 13.9. The first-order valence-corrected chi connectivity index (χ1v) is 17.1. The smallest absolute Gasteiger partial charge is 0.265 e. The van der Waals surface area contributed by atoms with Crippen molar-refractivity contribution in [2.75, 3.05) is 26.7 Å². The molecule has 0 fully saturated rings. The van der Waals surface area contributed by atoms with Gasteiger partial charge < -0.3 is 25.4 Å². The van der Waals surface area contributed by atoms with E-state index >= 15 is 0 Å². The summed E-state index contributed by atoms with van der Waals surface area (Å²) in [6.45, 7) is 5.46. The van der Waals surface area contributed by atoms with Gasteiger partial charge in [-0.3, -0.25) is 14.4 Å². The van der Waals surface area contributed by atoms with Gasteiger partial charge in [0.25, 0.3) is 27.7 Å². The second-order valence-corrected chi connectivity index (χ2v) is 13.0. The lowest BCUT2D eigenvalue weighted by Gasteiger charge is -2.25. The first kappa shape index (κ1) is 35.3. The minimum absolute atomic E-state index is 0.0175. The van der Waals surface area contributed by atoms with Crippen LogP contribution >= 0.6 is 0 Å². The van der Waals surface area contributed by atoms with Crippen molar-refractivity contribution in [3.8, 4) is 5.75 Å². The van der Waals surface area contributed by atoms with Crippen LogP contribution < -0.4 is 20.1 Å². The van der Waals surface area contributed by atoms with E-state index in [-0.39, 0.29) is 34.0 Å². The lowest BCUT2D eigenvalue weighted by molar-refractivity contribution is -0.114. The minimum Gasteiger partial charge on any atom is -0.497 e. The molecule has 12 heteroatoms. The second kappa shape index (κ2) is 16.3. The molecule has 3 amide bonds. The molecule has 0 saturated carbocycles. The first-order chi connectivity index (χ1) is 22.5. The van der Waals surface area contributed by atoms with Crippen LogP contribution in [-0.4, -0.2) is 75.0 Å². The highest BCUT2D eigenvalue weighted by molar-refractivity contribution is 7.99. The van der Waals surface area contributed by atoms with Gasteiger partial charge >= 0.3 is 0 Å². The van der Waals surface area contributed by atoms with E-state index in [4.69, 9.17) is 4.74 Å². The number of aliphatic hydroxyl groups is 1. The molecule has 0 aliphatic carbocycles. The molecule has 0 aromatic heterocycles. The molecule has 0 spiro atoms. The highest BCUT2D eigenvalue weighted by Gasteiger charge is 2.31. The van der Waals surface area contributed by atoms with Crippen molar-refractivity contribution < 1.29 is 32.6 Å². The van der Waals surface area contributed by atoms with Crippen molar-refractivity contribution in [3.05, 3.63) is 107 Å². The number of aliphatic hydroxyl groups excluding tert-OH is 1. The van der Waals surface area contributed by atoms with E-state index in [0.717, 1.165) is 17.2 Å². The highest BCUT2D eigenvalue weighted by atomic mass is 32.2. The van der Waals surface area contributed by atoms with E-state index in [1.165, 1.54) is 18.2 Å². The number of carbonyl (C=O) groups excluding carboxylic acids is 3. The molecule has 250 valence electrons.